The molecule has 10 nitrogen and oxygen atoms in total. The molecule has 1 atom stereocenters. The Labute approximate surface area is 205 Å². The third kappa shape index (κ3) is 10.8. The highest BCUT2D eigenvalue weighted by molar-refractivity contribution is 6.31. The van der Waals surface area contributed by atoms with E-state index < -0.39 is 36.0 Å². The van der Waals surface area contributed by atoms with Gasteiger partial charge in [0.05, 0.1) is 5.57 Å². The van der Waals surface area contributed by atoms with E-state index in [1.807, 2.05) is 20.8 Å². The first-order chi connectivity index (χ1) is 16.4. The van der Waals surface area contributed by atoms with Crippen molar-refractivity contribution in [3.63, 3.8) is 0 Å². The summed E-state index contributed by atoms with van der Waals surface area (Å²) in [5.74, 6) is 5.71. The Bertz CT molecular complexity index is 835. The molecule has 0 bridgehead atoms. The lowest BCUT2D eigenvalue weighted by atomic mass is 9.85. The number of carbonyl (C=O) groups excluding carboxylic acids is 1. The zero-order chi connectivity index (χ0) is 27.2. The van der Waals surface area contributed by atoms with Gasteiger partial charge in [0, 0.05) is 10.6 Å². The van der Waals surface area contributed by atoms with Crippen molar-refractivity contribution in [3.8, 4) is 5.75 Å². The number of quaternary nitrogens is 1. The Morgan fingerprint density at radius 2 is 1.83 bits per heavy atom. The molecule has 35 heavy (non-hydrogen) atoms. The van der Waals surface area contributed by atoms with Crippen LogP contribution in [-0.2, 0) is 24.6 Å². The van der Waals surface area contributed by atoms with Crippen molar-refractivity contribution < 1.29 is 53.3 Å². The lowest BCUT2D eigenvalue weighted by Gasteiger charge is -2.30. The third-order valence-electron chi connectivity index (χ3n) is 4.49. The number of esters is 1. The molecule has 1 saturated heterocycles. The van der Waals surface area contributed by atoms with Gasteiger partial charge in [0.25, 0.3) is 6.47 Å². The largest absolute Gasteiger partial charge is 0.483 e. The van der Waals surface area contributed by atoms with Crippen LogP contribution in [0.25, 0.3) is 6.08 Å². The van der Waals surface area contributed by atoms with Crippen LogP contribution >= 0.6 is 11.6 Å². The molecule has 1 fully saturated rings. The Hall–Kier alpha value is -2.42. The number of hydrogen-bond acceptors (Lipinski definition) is 8. The van der Waals surface area contributed by atoms with Gasteiger partial charge in [-0.25, -0.2) is 21.8 Å². The van der Waals surface area contributed by atoms with E-state index in [9.17, 15) is 18.0 Å². The van der Waals surface area contributed by atoms with Gasteiger partial charge < -0.3 is 19.9 Å². The predicted octanol–water partition coefficient (Wildman–Crippen LogP) is 2.42. The van der Waals surface area contributed by atoms with Crippen molar-refractivity contribution in [1.82, 2.24) is 5.32 Å². The second-order valence-electron chi connectivity index (χ2n) is 8.04. The third-order valence-corrected chi connectivity index (χ3v) is 4.81. The first-order valence-electron chi connectivity index (χ1n) is 10.2. The molecule has 14 heteroatoms. The van der Waals surface area contributed by atoms with Gasteiger partial charge in [0.2, 0.25) is 12.9 Å². The number of nitrogens with two attached hydrogens (primary N) is 1. The number of nitrogens with one attached hydrogen (secondary N) is 1. The average molecular weight is 531 g/mol. The Kier molecular flexibility index (Phi) is 14.5. The molecule has 2 aliphatic rings. The highest BCUT2D eigenvalue weighted by Gasteiger charge is 2.49. The highest BCUT2D eigenvalue weighted by Crippen LogP contribution is 2.42. The van der Waals surface area contributed by atoms with Crippen LogP contribution in [0.1, 0.15) is 44.7 Å². The van der Waals surface area contributed by atoms with E-state index in [4.69, 9.17) is 37.3 Å². The minimum absolute atomic E-state index is 0.0109. The summed E-state index contributed by atoms with van der Waals surface area (Å²) >= 11 is 6.22. The van der Waals surface area contributed by atoms with Crippen molar-refractivity contribution in [3.05, 3.63) is 33.9 Å². The summed E-state index contributed by atoms with van der Waals surface area (Å²) in [7, 11) is 0. The molecule has 0 radical (unpaired) electrons. The molecule has 0 aliphatic carbocycles. The molecule has 0 aromatic heterocycles. The first kappa shape index (κ1) is 32.6. The van der Waals surface area contributed by atoms with Crippen molar-refractivity contribution in [2.75, 3.05) is 19.9 Å². The molecule has 0 amide bonds. The molecule has 200 valence electrons. The Morgan fingerprint density at radius 1 is 1.29 bits per heavy atom. The monoisotopic (exact) mass is 530 g/mol. The number of carboxylic acid groups (broad SMARTS) is 1. The van der Waals surface area contributed by atoms with E-state index in [0.717, 1.165) is 6.08 Å². The van der Waals surface area contributed by atoms with E-state index >= 15 is 0 Å². The Balaban J connectivity index is 0.000000972. The van der Waals surface area contributed by atoms with Gasteiger partial charge in [-0.2, -0.15) is 13.2 Å². The van der Waals surface area contributed by atoms with E-state index in [0.29, 0.717) is 10.6 Å². The zero-order valence-corrected chi connectivity index (χ0v) is 20.4. The van der Waals surface area contributed by atoms with Gasteiger partial charge in [-0.05, 0) is 55.1 Å². The maximum atomic E-state index is 13.3. The van der Waals surface area contributed by atoms with Crippen molar-refractivity contribution in [1.29, 1.82) is 0 Å². The normalized spacial score (nSPS) is 16.4. The lowest BCUT2D eigenvalue weighted by Crippen LogP contribution is -2.42. The zero-order valence-electron chi connectivity index (χ0n) is 19.7. The molecule has 2 aliphatic heterocycles. The first-order valence-corrected chi connectivity index (χ1v) is 10.6. The summed E-state index contributed by atoms with van der Waals surface area (Å²) in [5, 5.41) is 17.2. The van der Waals surface area contributed by atoms with Gasteiger partial charge in [-0.1, -0.05) is 32.4 Å². The number of benzene rings is 1. The van der Waals surface area contributed by atoms with E-state index in [-0.39, 0.29) is 17.8 Å². The summed E-state index contributed by atoms with van der Waals surface area (Å²) in [6.45, 7) is 7.18. The number of hydrogen-bond donors (Lipinski definition) is 5. The molecule has 0 spiro atoms. The SMILES string of the molecule is C1CCNC1.CC(C)(C)c1cc2c(cc1Cl)C=C(C(=O)OCON)C(C(F)(F)F)O2.O=CO.[NH3+]O. The maximum absolute atomic E-state index is 13.3. The average Bonchev–Trinajstić information content (AvgIpc) is 3.37. The molecule has 2 heterocycles. The van der Waals surface area contributed by atoms with Crippen LogP contribution in [0.15, 0.2) is 17.7 Å². The quantitative estimate of drug-likeness (QED) is 0.170. The van der Waals surface area contributed by atoms with Gasteiger partial charge in [0.1, 0.15) is 5.75 Å². The number of halogens is 4. The van der Waals surface area contributed by atoms with E-state index in [1.165, 1.54) is 38.1 Å². The van der Waals surface area contributed by atoms with Crippen molar-refractivity contribution in [2.24, 2.45) is 5.90 Å². The molecular weight excluding hydrogens is 499 g/mol. The van der Waals surface area contributed by atoms with Crippen LogP contribution in [0, 0.1) is 0 Å². The lowest BCUT2D eigenvalue weighted by molar-refractivity contribution is -0.670. The molecule has 1 aromatic carbocycles. The number of ether oxygens (including phenoxy) is 2. The predicted molar refractivity (Wildman–Crippen MR) is 120 cm³/mol. The molecule has 1 unspecified atom stereocenters. The van der Waals surface area contributed by atoms with Crippen LogP contribution in [0.5, 0.6) is 5.75 Å². The minimum Gasteiger partial charge on any atom is -0.483 e. The van der Waals surface area contributed by atoms with Gasteiger partial charge >= 0.3 is 12.1 Å². The molecular formula is C21H32ClF3N3O7+. The molecule has 0 saturated carbocycles. The standard InChI is InChI=1S/C16H17ClF3NO4.C4H9N.CH2O2.H4NO/c1-15(2,3)10-6-12-8(5-11(10)17)4-9(14(22)23-7-24-21)13(25-12)16(18,19)20;1-2-4-5-3-1;2-1-3;1-2/h4-6,13H,7,21H2,1-3H3;5H,1-4H2;1H,(H,2,3);2H,1H3/q;;;+1. The number of rotatable bonds is 3. The van der Waals surface area contributed by atoms with Crippen LogP contribution in [0.3, 0.4) is 0 Å². The molecule has 8 N–H and O–H groups in total. The van der Waals surface area contributed by atoms with E-state index in [1.54, 1.807) is 0 Å². The van der Waals surface area contributed by atoms with Gasteiger partial charge in [-0.15, -0.1) is 0 Å². The van der Waals surface area contributed by atoms with E-state index in [2.05, 4.69) is 20.8 Å². The topological polar surface area (TPSA) is 168 Å². The molecule has 1 aromatic rings. The Morgan fingerprint density at radius 3 is 2.23 bits per heavy atom. The smallest absolute Gasteiger partial charge is 0.430 e. The van der Waals surface area contributed by atoms with Crippen molar-refractivity contribution in [2.45, 2.75) is 51.3 Å². The summed E-state index contributed by atoms with van der Waals surface area (Å²) < 4.78 is 49.6. The van der Waals surface area contributed by atoms with Crippen LogP contribution in [0.4, 0.5) is 13.2 Å². The maximum Gasteiger partial charge on any atom is 0.430 e. The highest BCUT2D eigenvalue weighted by atomic mass is 35.5. The van der Waals surface area contributed by atoms with Crippen LogP contribution < -0.4 is 21.8 Å². The fraction of sp³-hybridized carbons (Fsp3) is 0.524. The number of alkyl halides is 3. The number of fused-ring (bicyclic) bond motifs is 1. The van der Waals surface area contributed by atoms with Crippen LogP contribution in [-0.4, -0.2) is 54.9 Å². The number of carbonyl (C=O) groups is 2. The van der Waals surface area contributed by atoms with Crippen molar-refractivity contribution >= 4 is 30.1 Å². The minimum atomic E-state index is -4.81. The summed E-state index contributed by atoms with van der Waals surface area (Å²) in [6, 6.07) is 2.91. The fourth-order valence-electron chi connectivity index (χ4n) is 3.00. The molecule has 3 rings (SSSR count). The van der Waals surface area contributed by atoms with Gasteiger partial charge in [0.15, 0.2) is 0 Å². The summed E-state index contributed by atoms with van der Waals surface area (Å²) in [6.07, 6.45) is -3.44. The van der Waals surface area contributed by atoms with Gasteiger partial charge in [-0.3, -0.25) is 9.63 Å². The fourth-order valence-corrected chi connectivity index (χ4v) is 3.45. The summed E-state index contributed by atoms with van der Waals surface area (Å²) in [5.41, 5.74) is -0.231. The summed E-state index contributed by atoms with van der Waals surface area (Å²) in [4.78, 5) is 24.3. The second kappa shape index (κ2) is 15.5. The van der Waals surface area contributed by atoms with Crippen LogP contribution in [0.2, 0.25) is 5.02 Å². The second-order valence-corrected chi connectivity index (χ2v) is 8.45.